The fourth-order valence-corrected chi connectivity index (χ4v) is 4.88. The molecular weight excluding hydrogens is 481 g/mol. The molecule has 0 saturated carbocycles. The maximum absolute atomic E-state index is 13.6. The molecule has 11 heteroatoms. The van der Waals surface area contributed by atoms with Gasteiger partial charge in [-0.25, -0.2) is 22.5 Å². The van der Waals surface area contributed by atoms with E-state index in [0.29, 0.717) is 24.9 Å². The zero-order chi connectivity index (χ0) is 25.3. The fourth-order valence-electron chi connectivity index (χ4n) is 4.19. The Hall–Kier alpha value is -3.41. The highest BCUT2D eigenvalue weighted by molar-refractivity contribution is 7.90. The zero-order valence-corrected chi connectivity index (χ0v) is 20.9. The Morgan fingerprint density at radius 1 is 1.14 bits per heavy atom. The average molecular weight is 510 g/mol. The first-order chi connectivity index (χ1) is 17.3. The van der Waals surface area contributed by atoms with Gasteiger partial charge < -0.3 is 10.6 Å². The zero-order valence-electron chi connectivity index (χ0n) is 20.1. The quantitative estimate of drug-likeness (QED) is 0.335. The lowest BCUT2D eigenvalue weighted by atomic mass is 10.1. The van der Waals surface area contributed by atoms with Crippen molar-refractivity contribution in [1.29, 1.82) is 0 Å². The molecule has 188 valence electrons. The molecule has 4 aromatic rings. The summed E-state index contributed by atoms with van der Waals surface area (Å²) in [5.74, 6) is 0.831. The highest BCUT2D eigenvalue weighted by atomic mass is 32.2. The number of nitrogens with zero attached hydrogens (tertiary/aromatic N) is 4. The highest BCUT2D eigenvalue weighted by Gasteiger charge is 2.21. The molecule has 2 aromatic heterocycles. The summed E-state index contributed by atoms with van der Waals surface area (Å²) in [7, 11) is -3.40. The number of rotatable bonds is 8. The van der Waals surface area contributed by atoms with E-state index in [1.54, 1.807) is 30.8 Å². The van der Waals surface area contributed by atoms with Gasteiger partial charge in [0.2, 0.25) is 10.0 Å². The lowest BCUT2D eigenvalue weighted by Crippen LogP contribution is -2.30. The Labute approximate surface area is 209 Å². The molecule has 5 rings (SSSR count). The third kappa shape index (κ3) is 4.95. The molecule has 1 aliphatic rings. The maximum atomic E-state index is 13.6. The van der Waals surface area contributed by atoms with Crippen molar-refractivity contribution in [1.82, 2.24) is 29.8 Å². The van der Waals surface area contributed by atoms with E-state index in [0.717, 1.165) is 46.3 Å². The van der Waals surface area contributed by atoms with Crippen LogP contribution >= 0.6 is 0 Å². The molecular formula is C25H28FN7O2S. The van der Waals surface area contributed by atoms with Crippen LogP contribution in [-0.4, -0.2) is 40.0 Å². The standard InChI is InChI=1S/C25H28FN7O2S/c1-16(2)36(34,35)30-13-18-6-4-8-23-21(18)14-29-33(23)25-31-22-15-27-10-9-20(22)24(32-25)28-12-17-5-3-7-19(26)11-17/h3-8,11,14,16,27,30H,9-10,12-13,15H2,1-2H3,(H,28,31,32). The minimum atomic E-state index is -3.40. The second-order valence-corrected chi connectivity index (χ2v) is 11.4. The number of anilines is 1. The van der Waals surface area contributed by atoms with Crippen LogP contribution in [0.25, 0.3) is 16.9 Å². The van der Waals surface area contributed by atoms with Gasteiger partial charge in [0.15, 0.2) is 0 Å². The van der Waals surface area contributed by atoms with Crippen LogP contribution in [0.15, 0.2) is 48.7 Å². The monoisotopic (exact) mass is 509 g/mol. The average Bonchev–Trinajstić information content (AvgIpc) is 3.31. The van der Waals surface area contributed by atoms with Gasteiger partial charge >= 0.3 is 0 Å². The highest BCUT2D eigenvalue weighted by Crippen LogP contribution is 2.25. The first kappa shape index (κ1) is 24.3. The summed E-state index contributed by atoms with van der Waals surface area (Å²) in [4.78, 5) is 9.59. The molecule has 0 fully saturated rings. The predicted molar refractivity (Wildman–Crippen MR) is 137 cm³/mol. The summed E-state index contributed by atoms with van der Waals surface area (Å²) in [6.45, 7) is 5.31. The van der Waals surface area contributed by atoms with Crippen molar-refractivity contribution in [2.24, 2.45) is 0 Å². The second kappa shape index (κ2) is 9.92. The molecule has 1 aliphatic heterocycles. The molecule has 36 heavy (non-hydrogen) atoms. The SMILES string of the molecule is CC(C)S(=O)(=O)NCc1cccc2c1cnn2-c1nc2c(c(NCc3cccc(F)c3)n1)CCNC2. The topological polar surface area (TPSA) is 114 Å². The van der Waals surface area contributed by atoms with Crippen molar-refractivity contribution in [3.8, 4) is 5.95 Å². The van der Waals surface area contributed by atoms with E-state index in [-0.39, 0.29) is 12.4 Å². The van der Waals surface area contributed by atoms with Gasteiger partial charge in [-0.3, -0.25) is 0 Å². The van der Waals surface area contributed by atoms with E-state index in [2.05, 4.69) is 20.5 Å². The molecule has 0 amide bonds. The van der Waals surface area contributed by atoms with Crippen molar-refractivity contribution < 1.29 is 12.8 Å². The van der Waals surface area contributed by atoms with Crippen molar-refractivity contribution in [3.63, 3.8) is 0 Å². The predicted octanol–water partition coefficient (Wildman–Crippen LogP) is 3.04. The molecule has 0 spiro atoms. The van der Waals surface area contributed by atoms with E-state index in [9.17, 15) is 12.8 Å². The summed E-state index contributed by atoms with van der Waals surface area (Å²) in [6, 6.07) is 12.1. The third-order valence-electron chi connectivity index (χ3n) is 6.25. The Kier molecular flexibility index (Phi) is 6.69. The Morgan fingerprint density at radius 2 is 1.97 bits per heavy atom. The largest absolute Gasteiger partial charge is 0.366 e. The molecule has 0 bridgehead atoms. The van der Waals surface area contributed by atoms with E-state index >= 15 is 0 Å². The second-order valence-electron chi connectivity index (χ2n) is 9.03. The van der Waals surface area contributed by atoms with Gasteiger partial charge in [0.1, 0.15) is 11.6 Å². The smallest absolute Gasteiger partial charge is 0.253 e. The van der Waals surface area contributed by atoms with Crippen LogP contribution in [0.4, 0.5) is 10.2 Å². The number of hydrogen-bond donors (Lipinski definition) is 3. The molecule has 0 radical (unpaired) electrons. The van der Waals surface area contributed by atoms with Crippen molar-refractivity contribution in [3.05, 3.63) is 76.9 Å². The van der Waals surface area contributed by atoms with E-state index in [1.165, 1.54) is 12.1 Å². The van der Waals surface area contributed by atoms with E-state index in [4.69, 9.17) is 9.97 Å². The van der Waals surface area contributed by atoms with Crippen LogP contribution in [0.2, 0.25) is 0 Å². The third-order valence-corrected chi connectivity index (χ3v) is 8.04. The lowest BCUT2D eigenvalue weighted by Gasteiger charge is -2.21. The van der Waals surface area contributed by atoms with Gasteiger partial charge in [-0.2, -0.15) is 14.8 Å². The number of hydrogen-bond acceptors (Lipinski definition) is 7. The number of fused-ring (bicyclic) bond motifs is 2. The van der Waals surface area contributed by atoms with Gasteiger partial charge in [-0.05, 0) is 56.1 Å². The number of halogens is 1. The van der Waals surface area contributed by atoms with Crippen LogP contribution in [0.5, 0.6) is 0 Å². The fraction of sp³-hybridized carbons (Fsp3) is 0.320. The minimum Gasteiger partial charge on any atom is -0.366 e. The summed E-state index contributed by atoms with van der Waals surface area (Å²) in [5.41, 5.74) is 4.32. The Bertz CT molecular complexity index is 1520. The Balaban J connectivity index is 1.49. The van der Waals surface area contributed by atoms with Gasteiger partial charge in [-0.1, -0.05) is 24.3 Å². The van der Waals surface area contributed by atoms with Crippen LogP contribution < -0.4 is 15.4 Å². The van der Waals surface area contributed by atoms with Gasteiger partial charge in [0.25, 0.3) is 5.95 Å². The first-order valence-electron chi connectivity index (χ1n) is 11.8. The van der Waals surface area contributed by atoms with E-state index < -0.39 is 15.3 Å². The van der Waals surface area contributed by atoms with Crippen LogP contribution in [0.1, 0.15) is 36.2 Å². The molecule has 3 N–H and O–H groups in total. The minimum absolute atomic E-state index is 0.166. The number of nitrogens with one attached hydrogen (secondary N) is 3. The molecule has 2 aromatic carbocycles. The molecule has 9 nitrogen and oxygen atoms in total. The summed E-state index contributed by atoms with van der Waals surface area (Å²) < 4.78 is 42.4. The normalized spacial score (nSPS) is 13.8. The number of benzene rings is 2. The van der Waals surface area contributed by atoms with Crippen molar-refractivity contribution in [2.75, 3.05) is 11.9 Å². The molecule has 0 atom stereocenters. The number of sulfonamides is 1. The van der Waals surface area contributed by atoms with Crippen LogP contribution in [0.3, 0.4) is 0 Å². The van der Waals surface area contributed by atoms with E-state index in [1.807, 2.05) is 24.3 Å². The Morgan fingerprint density at radius 3 is 2.78 bits per heavy atom. The molecule has 0 saturated heterocycles. The molecule has 0 aliphatic carbocycles. The number of aromatic nitrogens is 4. The summed E-state index contributed by atoms with van der Waals surface area (Å²) in [6.07, 6.45) is 2.48. The molecule has 0 unspecified atom stereocenters. The van der Waals surface area contributed by atoms with Crippen LogP contribution in [0, 0.1) is 5.82 Å². The van der Waals surface area contributed by atoms with Gasteiger partial charge in [0.05, 0.1) is 22.7 Å². The van der Waals surface area contributed by atoms with Gasteiger partial charge in [0, 0.05) is 30.6 Å². The van der Waals surface area contributed by atoms with Crippen molar-refractivity contribution in [2.45, 2.75) is 45.2 Å². The summed E-state index contributed by atoms with van der Waals surface area (Å²) >= 11 is 0. The van der Waals surface area contributed by atoms with Gasteiger partial charge in [-0.15, -0.1) is 0 Å². The summed E-state index contributed by atoms with van der Waals surface area (Å²) in [5, 5.41) is 11.5. The first-order valence-corrected chi connectivity index (χ1v) is 13.4. The molecule has 3 heterocycles. The lowest BCUT2D eigenvalue weighted by molar-refractivity contribution is 0.572. The maximum Gasteiger partial charge on any atom is 0.253 e. The van der Waals surface area contributed by atoms with Crippen LogP contribution in [-0.2, 0) is 36.1 Å². The van der Waals surface area contributed by atoms with Crippen molar-refractivity contribution >= 4 is 26.7 Å².